The Morgan fingerprint density at radius 1 is 1.33 bits per heavy atom. The molecule has 0 radical (unpaired) electrons. The van der Waals surface area contributed by atoms with E-state index in [0.29, 0.717) is 9.76 Å². The van der Waals surface area contributed by atoms with E-state index in [1.165, 1.54) is 0 Å². The number of thiol groups is 1. The van der Waals surface area contributed by atoms with Gasteiger partial charge in [0.15, 0.2) is 5.78 Å². The monoisotopic (exact) mass is 196 g/mol. The van der Waals surface area contributed by atoms with Crippen molar-refractivity contribution in [2.75, 3.05) is 0 Å². The number of carbonyl (C=O) groups excluding carboxylic acids is 1. The fourth-order valence-corrected chi connectivity index (χ4v) is 1.14. The van der Waals surface area contributed by atoms with Crippen LogP contribution in [0.5, 0.6) is 0 Å². The lowest BCUT2D eigenvalue weighted by molar-refractivity contribution is 0.100. The van der Waals surface area contributed by atoms with Crippen molar-refractivity contribution < 1.29 is 4.79 Å². The summed E-state index contributed by atoms with van der Waals surface area (Å²) in [6.45, 7) is 0. The van der Waals surface area contributed by atoms with E-state index in [1.807, 2.05) is 18.2 Å². The van der Waals surface area contributed by atoms with Gasteiger partial charge in [-0.1, -0.05) is 42.5 Å². The van der Waals surface area contributed by atoms with Crippen molar-refractivity contribution in [2.45, 2.75) is 6.42 Å². The number of rotatable bonds is 3. The molecule has 1 aromatic rings. The largest absolute Gasteiger partial charge is 0.294 e. The van der Waals surface area contributed by atoms with Crippen molar-refractivity contribution in [1.29, 1.82) is 0 Å². The molecular formula is C9H8OS2. The Hall–Kier alpha value is -0.670. The zero-order chi connectivity index (χ0) is 8.97. The highest BCUT2D eigenvalue weighted by Crippen LogP contribution is 2.04. The summed E-state index contributed by atoms with van der Waals surface area (Å²) in [4.78, 5) is 11.3. The van der Waals surface area contributed by atoms with E-state index < -0.39 is 0 Å². The predicted molar refractivity (Wildman–Crippen MR) is 57.0 cm³/mol. The molecule has 0 aliphatic heterocycles. The zero-order valence-corrected chi connectivity index (χ0v) is 8.07. The summed E-state index contributed by atoms with van der Waals surface area (Å²) in [5.41, 5.74) is 0.689. The second-order valence-corrected chi connectivity index (χ2v) is 3.69. The van der Waals surface area contributed by atoms with Gasteiger partial charge in [0.05, 0.1) is 10.6 Å². The molecule has 1 rings (SSSR count). The van der Waals surface area contributed by atoms with Gasteiger partial charge in [-0.05, 0) is 0 Å². The summed E-state index contributed by atoms with van der Waals surface area (Å²) in [5.74, 6) is 0.0237. The Kier molecular flexibility index (Phi) is 3.44. The van der Waals surface area contributed by atoms with Gasteiger partial charge in [0.25, 0.3) is 0 Å². The van der Waals surface area contributed by atoms with Crippen molar-refractivity contribution in [3.8, 4) is 0 Å². The lowest BCUT2D eigenvalue weighted by Gasteiger charge is -1.96. The molecule has 3 heteroatoms. The van der Waals surface area contributed by atoms with Crippen LogP contribution in [0.2, 0.25) is 0 Å². The van der Waals surface area contributed by atoms with E-state index in [2.05, 4.69) is 12.6 Å². The quantitative estimate of drug-likeness (QED) is 0.454. The van der Waals surface area contributed by atoms with Gasteiger partial charge < -0.3 is 0 Å². The van der Waals surface area contributed by atoms with Gasteiger partial charge in [-0.3, -0.25) is 4.79 Å². The first-order chi connectivity index (χ1) is 5.70. The zero-order valence-electron chi connectivity index (χ0n) is 6.36. The number of carbonyl (C=O) groups is 1. The van der Waals surface area contributed by atoms with Crippen LogP contribution >= 0.6 is 24.8 Å². The topological polar surface area (TPSA) is 17.1 Å². The van der Waals surface area contributed by atoms with Crippen molar-refractivity contribution in [3.63, 3.8) is 0 Å². The molecule has 0 aliphatic rings. The summed E-state index contributed by atoms with van der Waals surface area (Å²) in [5, 5.41) is 0. The molecule has 0 aromatic heterocycles. The number of thiocarbonyl (C=S) groups is 1. The number of benzene rings is 1. The summed E-state index contributed by atoms with van der Waals surface area (Å²) in [6, 6.07) is 9.07. The highest BCUT2D eigenvalue weighted by atomic mass is 32.1. The molecule has 0 saturated carbocycles. The highest BCUT2D eigenvalue weighted by molar-refractivity contribution is 8.11. The summed E-state index contributed by atoms with van der Waals surface area (Å²) < 4.78 is 0.434. The van der Waals surface area contributed by atoms with E-state index in [1.54, 1.807) is 12.1 Å². The Morgan fingerprint density at radius 2 is 1.92 bits per heavy atom. The number of Topliss-reactive ketones (excluding diaryl/α,β-unsaturated/α-hetero) is 1. The van der Waals surface area contributed by atoms with Crippen LogP contribution in [0.3, 0.4) is 0 Å². The average molecular weight is 196 g/mol. The van der Waals surface area contributed by atoms with Gasteiger partial charge in [0.1, 0.15) is 0 Å². The molecule has 0 amide bonds. The SMILES string of the molecule is O=C(CC(=S)S)c1ccccc1. The van der Waals surface area contributed by atoms with Crippen LogP contribution < -0.4 is 0 Å². The van der Waals surface area contributed by atoms with Crippen LogP contribution in [-0.2, 0) is 0 Å². The third-order valence-corrected chi connectivity index (χ3v) is 1.71. The third kappa shape index (κ3) is 2.75. The standard InChI is InChI=1S/C9H8OS2/c10-8(6-9(11)12)7-4-2-1-3-5-7/h1-5H,6H2,(H,11,12). The first-order valence-corrected chi connectivity index (χ1v) is 4.36. The van der Waals surface area contributed by atoms with Crippen LogP contribution in [0.25, 0.3) is 0 Å². The highest BCUT2D eigenvalue weighted by Gasteiger charge is 2.04. The minimum atomic E-state index is 0.0237. The summed E-state index contributed by atoms with van der Waals surface area (Å²) >= 11 is 8.61. The molecule has 0 N–H and O–H groups in total. The van der Waals surface area contributed by atoms with Gasteiger partial charge >= 0.3 is 0 Å². The van der Waals surface area contributed by atoms with Crippen LogP contribution in [0.4, 0.5) is 0 Å². The summed E-state index contributed by atoms with van der Waals surface area (Å²) in [7, 11) is 0. The second-order valence-electron chi connectivity index (χ2n) is 2.36. The molecule has 0 unspecified atom stereocenters. The molecule has 12 heavy (non-hydrogen) atoms. The average Bonchev–Trinajstić information content (AvgIpc) is 2.05. The van der Waals surface area contributed by atoms with Crippen LogP contribution in [0.15, 0.2) is 30.3 Å². The number of hydrogen-bond acceptors (Lipinski definition) is 2. The lowest BCUT2D eigenvalue weighted by Crippen LogP contribution is -2.01. The van der Waals surface area contributed by atoms with Crippen molar-refractivity contribution in [2.24, 2.45) is 0 Å². The van der Waals surface area contributed by atoms with E-state index in [0.717, 1.165) is 0 Å². The second kappa shape index (κ2) is 4.38. The van der Waals surface area contributed by atoms with Gasteiger partial charge in [0.2, 0.25) is 0 Å². The van der Waals surface area contributed by atoms with Gasteiger partial charge in [-0.2, -0.15) is 0 Å². The minimum absolute atomic E-state index is 0.0237. The molecule has 0 fully saturated rings. The summed E-state index contributed by atoms with van der Waals surface area (Å²) in [6.07, 6.45) is 0.239. The molecule has 0 heterocycles. The molecule has 0 bridgehead atoms. The molecule has 0 spiro atoms. The van der Waals surface area contributed by atoms with Crippen LogP contribution in [-0.4, -0.2) is 9.98 Å². The predicted octanol–water partition coefficient (Wildman–Crippen LogP) is 2.52. The molecule has 1 nitrogen and oxygen atoms in total. The Bertz CT molecular complexity index is 293. The molecular weight excluding hydrogens is 188 g/mol. The fourth-order valence-electron chi connectivity index (χ4n) is 0.863. The fraction of sp³-hybridized carbons (Fsp3) is 0.111. The van der Waals surface area contributed by atoms with E-state index in [4.69, 9.17) is 12.2 Å². The lowest BCUT2D eigenvalue weighted by atomic mass is 10.1. The maximum Gasteiger partial charge on any atom is 0.168 e. The minimum Gasteiger partial charge on any atom is -0.294 e. The third-order valence-electron chi connectivity index (χ3n) is 1.41. The maximum atomic E-state index is 11.3. The number of hydrogen-bond donors (Lipinski definition) is 1. The van der Waals surface area contributed by atoms with Crippen LogP contribution in [0, 0.1) is 0 Å². The van der Waals surface area contributed by atoms with Crippen molar-refractivity contribution >= 4 is 34.8 Å². The van der Waals surface area contributed by atoms with Crippen molar-refractivity contribution in [3.05, 3.63) is 35.9 Å². The van der Waals surface area contributed by atoms with Gasteiger partial charge in [0, 0.05) is 5.56 Å². The van der Waals surface area contributed by atoms with Crippen molar-refractivity contribution in [1.82, 2.24) is 0 Å². The Balaban J connectivity index is 2.73. The molecule has 0 saturated heterocycles. The Morgan fingerprint density at radius 3 is 2.42 bits per heavy atom. The molecule has 62 valence electrons. The molecule has 1 aromatic carbocycles. The first kappa shape index (κ1) is 9.42. The van der Waals surface area contributed by atoms with E-state index in [-0.39, 0.29) is 12.2 Å². The normalized spacial score (nSPS) is 9.42. The van der Waals surface area contributed by atoms with Crippen LogP contribution in [0.1, 0.15) is 16.8 Å². The number of ketones is 1. The molecule has 0 aliphatic carbocycles. The Labute approximate surface area is 82.2 Å². The van der Waals surface area contributed by atoms with Gasteiger partial charge in [-0.25, -0.2) is 0 Å². The molecule has 0 atom stereocenters. The smallest absolute Gasteiger partial charge is 0.168 e. The maximum absolute atomic E-state index is 11.3. The van der Waals surface area contributed by atoms with E-state index >= 15 is 0 Å². The first-order valence-electron chi connectivity index (χ1n) is 3.50. The van der Waals surface area contributed by atoms with E-state index in [9.17, 15) is 4.79 Å². The van der Waals surface area contributed by atoms with Gasteiger partial charge in [-0.15, -0.1) is 12.6 Å².